The Hall–Kier alpha value is -2.04. The normalized spacial score (nSPS) is 12.2. The highest BCUT2D eigenvalue weighted by Crippen LogP contribution is 2.38. The SMILES string of the molecule is O=C(NCC(F)(F)C(F)(F)Br)c1ccc(-c2nn[nH]n2)cc1. The van der Waals surface area contributed by atoms with Crippen LogP contribution in [0.4, 0.5) is 17.6 Å². The first-order valence-electron chi connectivity index (χ1n) is 5.77. The van der Waals surface area contributed by atoms with Gasteiger partial charge in [0.05, 0.1) is 6.54 Å². The van der Waals surface area contributed by atoms with Gasteiger partial charge in [-0.2, -0.15) is 22.8 Å². The molecule has 6 nitrogen and oxygen atoms in total. The van der Waals surface area contributed by atoms with E-state index in [4.69, 9.17) is 0 Å². The number of hydrogen-bond acceptors (Lipinski definition) is 4. The molecule has 2 rings (SSSR count). The standard InChI is InChI=1S/C11H8BrF4N5O/c12-11(15,16)10(13,14)5-17-9(22)7-3-1-6(2-4-7)8-18-20-21-19-8/h1-4H,5H2,(H,17,22)(H,18,19,20,21). The van der Waals surface area contributed by atoms with Crippen LogP contribution in [0.15, 0.2) is 24.3 Å². The third-order valence-corrected chi connectivity index (χ3v) is 3.22. The van der Waals surface area contributed by atoms with Crippen LogP contribution >= 0.6 is 15.9 Å². The van der Waals surface area contributed by atoms with Gasteiger partial charge in [0, 0.05) is 11.1 Å². The maximum atomic E-state index is 13.0. The smallest absolute Gasteiger partial charge is 0.346 e. The summed E-state index contributed by atoms with van der Waals surface area (Å²) in [7, 11) is 0. The first-order chi connectivity index (χ1) is 10.2. The Bertz CT molecular complexity index is 642. The zero-order valence-electron chi connectivity index (χ0n) is 10.7. The van der Waals surface area contributed by atoms with Crippen molar-refractivity contribution in [3.8, 4) is 11.4 Å². The van der Waals surface area contributed by atoms with E-state index in [9.17, 15) is 22.4 Å². The largest absolute Gasteiger partial charge is 0.365 e. The Morgan fingerprint density at radius 3 is 2.36 bits per heavy atom. The van der Waals surface area contributed by atoms with Gasteiger partial charge < -0.3 is 5.32 Å². The van der Waals surface area contributed by atoms with Crippen molar-refractivity contribution >= 4 is 21.8 Å². The van der Waals surface area contributed by atoms with E-state index in [0.29, 0.717) is 5.56 Å². The Morgan fingerprint density at radius 2 is 1.86 bits per heavy atom. The fourth-order valence-corrected chi connectivity index (χ4v) is 1.59. The summed E-state index contributed by atoms with van der Waals surface area (Å²) in [6, 6.07) is 5.59. The molecule has 0 saturated carbocycles. The molecule has 0 unspecified atom stereocenters. The van der Waals surface area contributed by atoms with Gasteiger partial charge in [0.25, 0.3) is 5.91 Å². The molecule has 1 heterocycles. The quantitative estimate of drug-likeness (QED) is 0.614. The summed E-state index contributed by atoms with van der Waals surface area (Å²) in [4.78, 5) is 7.25. The van der Waals surface area contributed by atoms with Crippen LogP contribution in [0.3, 0.4) is 0 Å². The van der Waals surface area contributed by atoms with Gasteiger partial charge in [0.1, 0.15) is 0 Å². The van der Waals surface area contributed by atoms with E-state index in [1.165, 1.54) is 24.3 Å². The Labute approximate surface area is 129 Å². The van der Waals surface area contributed by atoms with Gasteiger partial charge >= 0.3 is 10.8 Å². The van der Waals surface area contributed by atoms with Crippen molar-refractivity contribution in [2.24, 2.45) is 0 Å². The average molecular weight is 382 g/mol. The van der Waals surface area contributed by atoms with Crippen LogP contribution in [0, 0.1) is 0 Å². The number of carbonyl (C=O) groups is 1. The molecule has 2 aromatic rings. The maximum absolute atomic E-state index is 13.0. The number of aromatic amines is 1. The summed E-state index contributed by atoms with van der Waals surface area (Å²) in [6.45, 7) is -1.50. The molecule has 0 aliphatic heterocycles. The fraction of sp³-hybridized carbons (Fsp3) is 0.273. The monoisotopic (exact) mass is 381 g/mol. The molecule has 11 heteroatoms. The Balaban J connectivity index is 2.02. The number of alkyl halides is 5. The number of H-pyrrole nitrogens is 1. The third-order valence-electron chi connectivity index (χ3n) is 2.64. The summed E-state index contributed by atoms with van der Waals surface area (Å²) in [6.07, 6.45) is 0. The first kappa shape index (κ1) is 16.3. The van der Waals surface area contributed by atoms with E-state index in [1.54, 1.807) is 21.2 Å². The van der Waals surface area contributed by atoms with Gasteiger partial charge in [-0.1, -0.05) is 12.1 Å². The predicted molar refractivity (Wildman–Crippen MR) is 70.8 cm³/mol. The van der Waals surface area contributed by atoms with E-state index in [2.05, 4.69) is 20.6 Å². The Morgan fingerprint density at radius 1 is 1.23 bits per heavy atom. The van der Waals surface area contributed by atoms with Gasteiger partial charge in [-0.3, -0.25) is 4.79 Å². The summed E-state index contributed by atoms with van der Waals surface area (Å²) < 4.78 is 51.1. The molecule has 0 atom stereocenters. The molecule has 0 fully saturated rings. The summed E-state index contributed by atoms with van der Waals surface area (Å²) in [5.41, 5.74) is 0.573. The van der Waals surface area contributed by atoms with E-state index in [1.807, 2.05) is 0 Å². The Kier molecular flexibility index (Phi) is 4.44. The lowest BCUT2D eigenvalue weighted by molar-refractivity contribution is -0.142. The summed E-state index contributed by atoms with van der Waals surface area (Å²) in [5.74, 6) is -5.03. The van der Waals surface area contributed by atoms with E-state index >= 15 is 0 Å². The van der Waals surface area contributed by atoms with Gasteiger partial charge in [0.2, 0.25) is 5.82 Å². The molecule has 118 valence electrons. The van der Waals surface area contributed by atoms with Crippen molar-refractivity contribution in [2.45, 2.75) is 10.8 Å². The van der Waals surface area contributed by atoms with E-state index < -0.39 is 23.2 Å². The molecule has 0 spiro atoms. The summed E-state index contributed by atoms with van der Waals surface area (Å²) >= 11 is 1.58. The number of tetrazole rings is 1. The third kappa shape index (κ3) is 3.59. The first-order valence-corrected chi connectivity index (χ1v) is 6.56. The van der Waals surface area contributed by atoms with Gasteiger partial charge in [-0.05, 0) is 33.3 Å². The lowest BCUT2D eigenvalue weighted by Crippen LogP contribution is -2.45. The molecular formula is C11H8BrF4N5O. The zero-order valence-corrected chi connectivity index (χ0v) is 12.2. The molecule has 2 N–H and O–H groups in total. The minimum atomic E-state index is -4.41. The topological polar surface area (TPSA) is 83.6 Å². The number of halogens is 5. The highest BCUT2D eigenvalue weighted by Gasteiger charge is 2.54. The van der Waals surface area contributed by atoms with E-state index in [0.717, 1.165) is 0 Å². The molecule has 0 aliphatic carbocycles. The van der Waals surface area contributed by atoms with Crippen molar-refractivity contribution in [1.82, 2.24) is 25.9 Å². The minimum Gasteiger partial charge on any atom is -0.346 e. The van der Waals surface area contributed by atoms with E-state index in [-0.39, 0.29) is 11.4 Å². The van der Waals surface area contributed by atoms with Crippen molar-refractivity contribution in [2.75, 3.05) is 6.54 Å². The van der Waals surface area contributed by atoms with Crippen molar-refractivity contribution in [3.63, 3.8) is 0 Å². The number of hydrogen-bond donors (Lipinski definition) is 2. The van der Waals surface area contributed by atoms with Crippen LogP contribution < -0.4 is 5.32 Å². The zero-order chi connectivity index (χ0) is 16.4. The number of nitrogens with zero attached hydrogens (tertiary/aromatic N) is 3. The fourth-order valence-electron chi connectivity index (χ4n) is 1.45. The highest BCUT2D eigenvalue weighted by atomic mass is 79.9. The number of aromatic nitrogens is 4. The number of rotatable bonds is 5. The molecule has 0 aliphatic rings. The van der Waals surface area contributed by atoms with Crippen molar-refractivity contribution in [1.29, 1.82) is 0 Å². The van der Waals surface area contributed by atoms with Crippen LogP contribution in [0.5, 0.6) is 0 Å². The highest BCUT2D eigenvalue weighted by molar-refractivity contribution is 9.10. The molecule has 1 aromatic heterocycles. The molecule has 1 amide bonds. The molecule has 1 aromatic carbocycles. The van der Waals surface area contributed by atoms with Crippen LogP contribution in [0.1, 0.15) is 10.4 Å². The van der Waals surface area contributed by atoms with Gasteiger partial charge in [-0.25, -0.2) is 0 Å². The molecule has 0 saturated heterocycles. The van der Waals surface area contributed by atoms with Crippen LogP contribution in [-0.4, -0.2) is 43.8 Å². The number of nitrogens with one attached hydrogen (secondary N) is 2. The second kappa shape index (κ2) is 5.99. The molecule has 0 radical (unpaired) electrons. The molecule has 22 heavy (non-hydrogen) atoms. The number of carbonyl (C=O) groups excluding carboxylic acids is 1. The summed E-state index contributed by atoms with van der Waals surface area (Å²) in [5, 5.41) is 14.8. The second-order valence-corrected chi connectivity index (χ2v) is 5.19. The van der Waals surface area contributed by atoms with Crippen molar-refractivity contribution in [3.05, 3.63) is 29.8 Å². The molecule has 0 bridgehead atoms. The lowest BCUT2D eigenvalue weighted by Gasteiger charge is -2.21. The van der Waals surface area contributed by atoms with Crippen LogP contribution in [0.2, 0.25) is 0 Å². The van der Waals surface area contributed by atoms with Gasteiger partial charge in [-0.15, -0.1) is 10.2 Å². The average Bonchev–Trinajstić information content (AvgIpc) is 2.98. The number of amides is 1. The van der Waals surface area contributed by atoms with Crippen LogP contribution in [0.25, 0.3) is 11.4 Å². The minimum absolute atomic E-state index is 0.0286. The maximum Gasteiger partial charge on any atom is 0.365 e. The predicted octanol–water partition coefficient (Wildman–Crippen LogP) is 2.22. The second-order valence-electron chi connectivity index (χ2n) is 4.20. The van der Waals surface area contributed by atoms with Gasteiger partial charge in [0.15, 0.2) is 0 Å². The van der Waals surface area contributed by atoms with Crippen LogP contribution in [-0.2, 0) is 0 Å². The lowest BCUT2D eigenvalue weighted by atomic mass is 10.1. The number of benzene rings is 1. The van der Waals surface area contributed by atoms with Crippen molar-refractivity contribution < 1.29 is 22.4 Å². The molecular weight excluding hydrogens is 374 g/mol.